The maximum atomic E-state index is 15.3. The Bertz CT molecular complexity index is 3040. The number of hydrogen-bond acceptors (Lipinski definition) is 12. The number of rotatable bonds is 25. The van der Waals surface area contributed by atoms with Crippen LogP contribution in [0.2, 0.25) is 0 Å². The predicted octanol–water partition coefficient (Wildman–Crippen LogP) is 12.8. The molecule has 7 aromatic carbocycles. The highest BCUT2D eigenvalue weighted by Crippen LogP contribution is 2.38. The van der Waals surface area contributed by atoms with E-state index >= 15 is 13.2 Å². The number of halogens is 6. The normalized spacial score (nSPS) is 23.1. The van der Waals surface area contributed by atoms with Gasteiger partial charge in [0.25, 0.3) is 15.6 Å². The highest BCUT2D eigenvalue weighted by molar-refractivity contribution is 6.76. The highest BCUT2D eigenvalue weighted by atomic mass is 35.6. The van der Waals surface area contributed by atoms with Gasteiger partial charge in [-0.1, -0.05) is 235 Å². The molecule has 83 heavy (non-hydrogen) atoms. The SMILES string of the molecule is O=C(N[C@H]1C(OC(=Nc2ccccc2)C(F)(F)F)O[C@H](COCc2ccccc2)[C@@H](O[C@@H]2O[C@H](COCc3ccccc3)[C@H](OCc3ccccc3)[C@H](OCc3ccccc3)[C@H]2OCc2ccccc2)[C@@H]1OCc1ccccc1)C(Cl)(Cl)Cl. The molecule has 1 amide bonds. The zero-order valence-electron chi connectivity index (χ0n) is 44.8. The topological polar surface area (TPSA) is 134 Å². The van der Waals surface area contributed by atoms with Crippen LogP contribution in [0.1, 0.15) is 33.4 Å². The molecule has 2 saturated heterocycles. The van der Waals surface area contributed by atoms with Crippen LogP contribution in [-0.2, 0) is 91.8 Å². The van der Waals surface area contributed by atoms with Crippen LogP contribution in [0.5, 0.6) is 0 Å². The summed E-state index contributed by atoms with van der Waals surface area (Å²) in [6.07, 6.45) is -17.1. The predicted molar refractivity (Wildman–Crippen MR) is 307 cm³/mol. The molecule has 1 N–H and O–H groups in total. The van der Waals surface area contributed by atoms with Gasteiger partial charge in [0.05, 0.1) is 58.5 Å². The highest BCUT2D eigenvalue weighted by Gasteiger charge is 2.56. The van der Waals surface area contributed by atoms with E-state index in [1.807, 2.05) is 158 Å². The van der Waals surface area contributed by atoms with Gasteiger partial charge in [-0.2, -0.15) is 13.2 Å². The number of carbonyl (C=O) groups excluding carboxylic acids is 1. The van der Waals surface area contributed by atoms with E-state index in [1.54, 1.807) is 30.3 Å². The van der Waals surface area contributed by atoms with Gasteiger partial charge < -0.3 is 52.7 Å². The number of benzene rings is 7. The molecule has 0 bridgehead atoms. The minimum absolute atomic E-state index is 0.0258. The first-order valence-electron chi connectivity index (χ1n) is 26.9. The summed E-state index contributed by atoms with van der Waals surface area (Å²) in [5, 5.41) is 2.59. The van der Waals surface area contributed by atoms with E-state index < -0.39 is 83.1 Å². The molecule has 0 aromatic heterocycles. The molecule has 436 valence electrons. The van der Waals surface area contributed by atoms with Crippen molar-refractivity contribution in [3.63, 3.8) is 0 Å². The maximum Gasteiger partial charge on any atom is 0.468 e. The quantitative estimate of drug-likeness (QED) is 0.0333. The van der Waals surface area contributed by atoms with Crippen LogP contribution in [0, 0.1) is 0 Å². The lowest BCUT2D eigenvalue weighted by Crippen LogP contribution is -2.69. The van der Waals surface area contributed by atoms with Crippen LogP contribution < -0.4 is 5.32 Å². The minimum atomic E-state index is -5.21. The summed E-state index contributed by atoms with van der Waals surface area (Å²) >= 11 is 18.7. The second-order valence-corrected chi connectivity index (χ2v) is 21.9. The fourth-order valence-electron chi connectivity index (χ4n) is 9.42. The zero-order chi connectivity index (χ0) is 57.9. The largest absolute Gasteiger partial charge is 0.468 e. The second-order valence-electron chi connectivity index (χ2n) is 19.6. The Balaban J connectivity index is 1.17. The third kappa shape index (κ3) is 18.4. The van der Waals surface area contributed by atoms with E-state index in [-0.39, 0.29) is 58.5 Å². The van der Waals surface area contributed by atoms with E-state index in [2.05, 4.69) is 10.3 Å². The van der Waals surface area contributed by atoms with Gasteiger partial charge in [-0.15, -0.1) is 0 Å². The fraction of sp³-hybridized carbons (Fsp3) is 0.312. The Morgan fingerprint density at radius 3 is 1.20 bits per heavy atom. The van der Waals surface area contributed by atoms with Crippen LogP contribution >= 0.6 is 34.8 Å². The van der Waals surface area contributed by atoms with Crippen molar-refractivity contribution in [1.29, 1.82) is 0 Å². The zero-order valence-corrected chi connectivity index (χ0v) is 47.1. The third-order valence-electron chi connectivity index (χ3n) is 13.5. The van der Waals surface area contributed by atoms with Crippen LogP contribution in [0.4, 0.5) is 18.9 Å². The van der Waals surface area contributed by atoms with E-state index in [1.165, 1.54) is 24.3 Å². The summed E-state index contributed by atoms with van der Waals surface area (Å²) in [5.74, 6) is -2.96. The van der Waals surface area contributed by atoms with Crippen molar-refractivity contribution in [3.05, 3.63) is 246 Å². The van der Waals surface area contributed by atoms with Gasteiger partial charge in [-0.05, 0) is 45.5 Å². The van der Waals surface area contributed by atoms with Crippen molar-refractivity contribution in [1.82, 2.24) is 5.32 Å². The molecule has 2 aliphatic heterocycles. The summed E-state index contributed by atoms with van der Waals surface area (Å²) in [6.45, 7) is -0.104. The first-order valence-corrected chi connectivity index (χ1v) is 28.0. The van der Waals surface area contributed by atoms with E-state index in [4.69, 9.17) is 82.2 Å². The molecule has 0 saturated carbocycles. The Kier molecular flexibility index (Phi) is 22.6. The molecule has 13 nitrogen and oxygen atoms in total. The summed E-state index contributed by atoms with van der Waals surface area (Å²) in [7, 11) is 0. The van der Waals surface area contributed by atoms with Crippen molar-refractivity contribution in [3.8, 4) is 0 Å². The van der Waals surface area contributed by atoms with Gasteiger partial charge >= 0.3 is 6.18 Å². The van der Waals surface area contributed by atoms with Crippen molar-refractivity contribution >= 4 is 52.3 Å². The molecular weight excluding hydrogens is 1140 g/mol. The summed E-state index contributed by atoms with van der Waals surface area (Å²) in [6, 6.07) is 62.1. The number of ether oxygens (including phenoxy) is 10. The van der Waals surface area contributed by atoms with Gasteiger partial charge in [0.15, 0.2) is 6.29 Å². The second kappa shape index (κ2) is 30.5. The van der Waals surface area contributed by atoms with E-state index in [9.17, 15) is 4.79 Å². The van der Waals surface area contributed by atoms with Gasteiger partial charge in [0, 0.05) is 0 Å². The summed E-state index contributed by atoms with van der Waals surface area (Å²) < 4.78 is 111. The third-order valence-corrected chi connectivity index (χ3v) is 14.0. The van der Waals surface area contributed by atoms with Gasteiger partial charge in [-0.3, -0.25) is 4.79 Å². The fourth-order valence-corrected chi connectivity index (χ4v) is 9.58. The number of nitrogens with zero attached hydrogens (tertiary/aromatic N) is 1. The standard InChI is InChI=1S/C64H62Cl3F3N2O11/c65-63(66,67)61(73)72-53-56(77-39-47-28-14-4-15-29-47)55(52(43-75-37-45-24-10-2-11-25-45)80-59(53)83-62(64(68,69)70)71-50-34-20-7-21-35-50)82-60-58(79-41-49-32-18-6-19-33-49)57(78-40-48-30-16-5-17-31-48)54(76-38-46-26-12-3-13-27-46)51(81-60)42-74-36-44-22-8-1-9-23-44/h1-35,51-60H,36-43H2,(H,72,73)/t51-,52-,53-,54+,55-,56-,57+,58-,59?,60+/m1/s1. The Labute approximate surface area is 495 Å². The molecular formula is C64H62Cl3F3N2O11. The van der Waals surface area contributed by atoms with E-state index in [0.29, 0.717) is 5.56 Å². The van der Waals surface area contributed by atoms with E-state index in [0.717, 1.165) is 27.8 Å². The summed E-state index contributed by atoms with van der Waals surface area (Å²) in [4.78, 5) is 17.9. The van der Waals surface area contributed by atoms with Gasteiger partial charge in [-0.25, -0.2) is 4.99 Å². The minimum Gasteiger partial charge on any atom is -0.442 e. The first kappa shape index (κ1) is 61.3. The number of nitrogens with one attached hydrogen (secondary N) is 1. The van der Waals surface area contributed by atoms with Crippen molar-refractivity contribution in [2.24, 2.45) is 4.99 Å². The number of alkyl halides is 6. The van der Waals surface area contributed by atoms with Gasteiger partial charge in [0.2, 0.25) is 6.29 Å². The van der Waals surface area contributed by atoms with Crippen LogP contribution in [0.25, 0.3) is 0 Å². The van der Waals surface area contributed by atoms with Crippen molar-refractivity contribution < 1.29 is 65.3 Å². The lowest BCUT2D eigenvalue weighted by Gasteiger charge is -2.50. The van der Waals surface area contributed by atoms with Crippen LogP contribution in [0.3, 0.4) is 0 Å². The molecule has 7 aromatic rings. The Morgan fingerprint density at radius 2 is 0.795 bits per heavy atom. The molecule has 2 heterocycles. The lowest BCUT2D eigenvalue weighted by atomic mass is 9.94. The molecule has 0 spiro atoms. The number of para-hydroxylation sites is 1. The average Bonchev–Trinajstić information content (AvgIpc) is 3.65. The lowest BCUT2D eigenvalue weighted by molar-refractivity contribution is -0.363. The number of amides is 1. The first-order chi connectivity index (χ1) is 40.3. The average molecular weight is 1200 g/mol. The smallest absolute Gasteiger partial charge is 0.442 e. The Morgan fingerprint density at radius 1 is 0.446 bits per heavy atom. The molecule has 10 atom stereocenters. The van der Waals surface area contributed by atoms with Crippen molar-refractivity contribution in [2.45, 2.75) is 111 Å². The number of hydrogen-bond donors (Lipinski definition) is 1. The molecule has 2 fully saturated rings. The molecule has 9 rings (SSSR count). The Hall–Kier alpha value is -6.22. The molecule has 2 aliphatic rings. The molecule has 19 heteroatoms. The number of aliphatic imine (C=N–C) groups is 1. The maximum absolute atomic E-state index is 15.3. The van der Waals surface area contributed by atoms with Crippen molar-refractivity contribution in [2.75, 3.05) is 13.2 Å². The van der Waals surface area contributed by atoms with Crippen LogP contribution in [-0.4, -0.2) is 96.3 Å². The molecule has 0 radical (unpaired) electrons. The number of carbonyl (C=O) groups is 1. The monoisotopic (exact) mass is 1200 g/mol. The molecule has 1 unspecified atom stereocenters. The van der Waals surface area contributed by atoms with Crippen LogP contribution in [0.15, 0.2) is 217 Å². The summed E-state index contributed by atoms with van der Waals surface area (Å²) in [5.41, 5.74) is 4.74. The van der Waals surface area contributed by atoms with Gasteiger partial charge in [0.1, 0.15) is 48.8 Å². The molecule has 0 aliphatic carbocycles.